The first kappa shape index (κ1) is 14.6. The largest absolute Gasteiger partial charge is 0.362 e. The van der Waals surface area contributed by atoms with Gasteiger partial charge in [0.05, 0.1) is 6.04 Å². The number of anilines is 1. The quantitative estimate of drug-likeness (QED) is 0.912. The third-order valence-electron chi connectivity index (χ3n) is 4.44. The molecular formula is C18H24N2S. The first-order chi connectivity index (χ1) is 10.2. The molecule has 2 nitrogen and oxygen atoms in total. The minimum atomic E-state index is 0.177. The van der Waals surface area contributed by atoms with E-state index in [2.05, 4.69) is 54.5 Å². The number of thiophene rings is 1. The second kappa shape index (κ2) is 6.20. The maximum atomic E-state index is 6.49. The Balaban J connectivity index is 2.02. The summed E-state index contributed by atoms with van der Waals surface area (Å²) in [6, 6.07) is 11.7. The Bertz CT molecular complexity index is 591. The molecule has 3 heteroatoms. The molecule has 2 aromatic rings. The highest BCUT2D eigenvalue weighted by Gasteiger charge is 2.29. The van der Waals surface area contributed by atoms with Crippen LogP contribution in [0.25, 0.3) is 0 Å². The van der Waals surface area contributed by atoms with E-state index in [4.69, 9.17) is 5.73 Å². The minimum Gasteiger partial charge on any atom is -0.362 e. The fourth-order valence-corrected chi connectivity index (χ4v) is 4.24. The monoisotopic (exact) mass is 300 g/mol. The Morgan fingerprint density at radius 2 is 2.19 bits per heavy atom. The summed E-state index contributed by atoms with van der Waals surface area (Å²) >= 11 is 1.82. The SMILES string of the molecule is CCC(N)C(c1cccs1)N1CCCc2cc(C)ccc21. The van der Waals surface area contributed by atoms with Crippen molar-refractivity contribution >= 4 is 17.0 Å². The van der Waals surface area contributed by atoms with Crippen LogP contribution < -0.4 is 10.6 Å². The molecule has 0 saturated heterocycles. The number of nitrogens with two attached hydrogens (primary N) is 1. The molecule has 2 unspecified atom stereocenters. The van der Waals surface area contributed by atoms with Crippen LogP contribution in [0, 0.1) is 6.92 Å². The average Bonchev–Trinajstić information content (AvgIpc) is 3.01. The Kier molecular flexibility index (Phi) is 4.32. The molecule has 0 saturated carbocycles. The molecule has 0 aliphatic carbocycles. The van der Waals surface area contributed by atoms with Gasteiger partial charge in [-0.15, -0.1) is 11.3 Å². The summed E-state index contributed by atoms with van der Waals surface area (Å²) in [6.07, 6.45) is 3.40. The molecule has 1 aromatic carbocycles. The Hall–Kier alpha value is -1.32. The third kappa shape index (κ3) is 2.85. The lowest BCUT2D eigenvalue weighted by Gasteiger charge is -2.40. The van der Waals surface area contributed by atoms with E-state index in [9.17, 15) is 0 Å². The normalized spacial score (nSPS) is 17.4. The second-order valence-corrected chi connectivity index (χ2v) is 6.94. The molecule has 1 aliphatic rings. The van der Waals surface area contributed by atoms with Crippen LogP contribution in [0.3, 0.4) is 0 Å². The molecule has 1 aliphatic heterocycles. The van der Waals surface area contributed by atoms with Gasteiger partial charge in [0, 0.05) is 23.2 Å². The van der Waals surface area contributed by atoms with Crippen molar-refractivity contribution in [2.75, 3.05) is 11.4 Å². The van der Waals surface area contributed by atoms with Crippen molar-refractivity contribution in [3.63, 3.8) is 0 Å². The van der Waals surface area contributed by atoms with E-state index in [1.54, 1.807) is 0 Å². The summed E-state index contributed by atoms with van der Waals surface area (Å²) in [6.45, 7) is 5.46. The molecule has 0 radical (unpaired) electrons. The molecule has 2 heterocycles. The van der Waals surface area contributed by atoms with E-state index in [1.165, 1.54) is 34.5 Å². The van der Waals surface area contributed by atoms with Gasteiger partial charge in [-0.25, -0.2) is 0 Å². The number of fused-ring (bicyclic) bond motifs is 1. The summed E-state index contributed by atoms with van der Waals surface area (Å²) in [5, 5.41) is 2.16. The highest BCUT2D eigenvalue weighted by molar-refractivity contribution is 7.10. The number of nitrogens with zero attached hydrogens (tertiary/aromatic N) is 1. The van der Waals surface area contributed by atoms with Gasteiger partial charge in [-0.3, -0.25) is 0 Å². The van der Waals surface area contributed by atoms with Crippen molar-refractivity contribution < 1.29 is 0 Å². The van der Waals surface area contributed by atoms with E-state index in [1.807, 2.05) is 11.3 Å². The second-order valence-electron chi connectivity index (χ2n) is 5.96. The molecule has 112 valence electrons. The van der Waals surface area contributed by atoms with Gasteiger partial charge in [0.25, 0.3) is 0 Å². The molecule has 2 atom stereocenters. The average molecular weight is 300 g/mol. The summed E-state index contributed by atoms with van der Waals surface area (Å²) in [4.78, 5) is 3.93. The first-order valence-corrected chi connectivity index (χ1v) is 8.74. The third-order valence-corrected chi connectivity index (χ3v) is 5.38. The number of benzene rings is 1. The number of hydrogen-bond donors (Lipinski definition) is 1. The summed E-state index contributed by atoms with van der Waals surface area (Å²) < 4.78 is 0. The Labute approximate surface area is 131 Å². The molecule has 2 N–H and O–H groups in total. The van der Waals surface area contributed by atoms with Crippen LogP contribution in [0.15, 0.2) is 35.7 Å². The van der Waals surface area contributed by atoms with Crippen molar-refractivity contribution in [2.24, 2.45) is 5.73 Å². The highest BCUT2D eigenvalue weighted by atomic mass is 32.1. The Morgan fingerprint density at radius 1 is 1.33 bits per heavy atom. The molecule has 1 aromatic heterocycles. The van der Waals surface area contributed by atoms with Crippen molar-refractivity contribution in [1.29, 1.82) is 0 Å². The number of hydrogen-bond acceptors (Lipinski definition) is 3. The van der Waals surface area contributed by atoms with Gasteiger partial charge >= 0.3 is 0 Å². The van der Waals surface area contributed by atoms with E-state index in [-0.39, 0.29) is 6.04 Å². The Morgan fingerprint density at radius 3 is 2.90 bits per heavy atom. The predicted octanol–water partition coefficient (Wildman–Crippen LogP) is 4.29. The minimum absolute atomic E-state index is 0.177. The van der Waals surface area contributed by atoms with Gasteiger partial charge in [0.15, 0.2) is 0 Å². The first-order valence-electron chi connectivity index (χ1n) is 7.86. The number of rotatable bonds is 4. The maximum absolute atomic E-state index is 6.49. The van der Waals surface area contributed by atoms with E-state index < -0.39 is 0 Å². The fraction of sp³-hybridized carbons (Fsp3) is 0.444. The smallest absolute Gasteiger partial charge is 0.0785 e. The van der Waals surface area contributed by atoms with Gasteiger partial charge in [0.1, 0.15) is 0 Å². The van der Waals surface area contributed by atoms with E-state index in [0.717, 1.165) is 13.0 Å². The van der Waals surface area contributed by atoms with Crippen LogP contribution >= 0.6 is 11.3 Å². The topological polar surface area (TPSA) is 29.3 Å². The van der Waals surface area contributed by atoms with Crippen molar-refractivity contribution in [3.8, 4) is 0 Å². The van der Waals surface area contributed by atoms with Crippen LogP contribution in [0.2, 0.25) is 0 Å². The fourth-order valence-electron chi connectivity index (χ4n) is 3.32. The van der Waals surface area contributed by atoms with E-state index >= 15 is 0 Å². The molecular weight excluding hydrogens is 276 g/mol. The van der Waals surface area contributed by atoms with Crippen LogP contribution in [-0.4, -0.2) is 12.6 Å². The number of aryl methyl sites for hydroxylation is 2. The zero-order chi connectivity index (χ0) is 14.8. The molecule has 0 fully saturated rings. The molecule has 0 amide bonds. The summed E-state index contributed by atoms with van der Waals surface area (Å²) in [5.41, 5.74) is 10.7. The zero-order valence-electron chi connectivity index (χ0n) is 12.9. The van der Waals surface area contributed by atoms with Crippen molar-refractivity contribution in [3.05, 3.63) is 51.7 Å². The van der Waals surface area contributed by atoms with Gasteiger partial charge in [0.2, 0.25) is 0 Å². The maximum Gasteiger partial charge on any atom is 0.0785 e. The molecule has 21 heavy (non-hydrogen) atoms. The predicted molar refractivity (Wildman–Crippen MR) is 92.2 cm³/mol. The van der Waals surface area contributed by atoms with Crippen LogP contribution in [0.5, 0.6) is 0 Å². The lowest BCUT2D eigenvalue weighted by atomic mass is 9.94. The van der Waals surface area contributed by atoms with E-state index in [0.29, 0.717) is 6.04 Å². The highest BCUT2D eigenvalue weighted by Crippen LogP contribution is 2.37. The van der Waals surface area contributed by atoms with Gasteiger partial charge in [-0.1, -0.05) is 30.7 Å². The zero-order valence-corrected chi connectivity index (χ0v) is 13.7. The summed E-state index contributed by atoms with van der Waals surface area (Å²) in [5.74, 6) is 0. The lowest BCUT2D eigenvalue weighted by molar-refractivity contribution is 0.481. The molecule has 3 rings (SSSR count). The summed E-state index contributed by atoms with van der Waals surface area (Å²) in [7, 11) is 0. The van der Waals surface area contributed by atoms with Crippen LogP contribution in [-0.2, 0) is 6.42 Å². The molecule has 0 bridgehead atoms. The van der Waals surface area contributed by atoms with Crippen LogP contribution in [0.4, 0.5) is 5.69 Å². The van der Waals surface area contributed by atoms with Crippen LogP contribution in [0.1, 0.15) is 41.8 Å². The van der Waals surface area contributed by atoms with Gasteiger partial charge in [-0.05, 0) is 49.3 Å². The lowest BCUT2D eigenvalue weighted by Crippen LogP contribution is -2.43. The van der Waals surface area contributed by atoms with Gasteiger partial charge < -0.3 is 10.6 Å². The van der Waals surface area contributed by atoms with Crippen molar-refractivity contribution in [2.45, 2.75) is 45.2 Å². The standard InChI is InChI=1S/C18H24N2S/c1-3-15(19)18(17-7-5-11-21-17)20-10-4-6-14-12-13(2)8-9-16(14)20/h5,7-9,11-12,15,18H,3-4,6,10,19H2,1-2H3. The van der Waals surface area contributed by atoms with Gasteiger partial charge in [-0.2, -0.15) is 0 Å². The van der Waals surface area contributed by atoms with Crippen molar-refractivity contribution in [1.82, 2.24) is 0 Å². The molecule has 0 spiro atoms.